The van der Waals surface area contributed by atoms with Crippen LogP contribution in [0.25, 0.3) is 10.2 Å². The fraction of sp³-hybridized carbons (Fsp3) is 0.360. The number of imide groups is 1. The summed E-state index contributed by atoms with van der Waals surface area (Å²) in [5.41, 5.74) is 4.03. The molecule has 0 atom stereocenters. The predicted octanol–water partition coefficient (Wildman–Crippen LogP) is 4.59. The Morgan fingerprint density at radius 1 is 1.06 bits per heavy atom. The number of halogens is 1. The first-order valence-electron chi connectivity index (χ1n) is 11.0. The number of aromatic nitrogens is 1. The number of nitrogens with zero attached hydrogens (tertiary/aromatic N) is 4. The van der Waals surface area contributed by atoms with E-state index in [1.54, 1.807) is 29.2 Å². The quantitative estimate of drug-likeness (QED) is 0.444. The van der Waals surface area contributed by atoms with Gasteiger partial charge >= 0.3 is 0 Å². The van der Waals surface area contributed by atoms with Crippen molar-refractivity contribution in [3.8, 4) is 0 Å². The molecule has 1 aromatic heterocycles. The van der Waals surface area contributed by atoms with E-state index in [0.717, 1.165) is 34.3 Å². The molecule has 1 aliphatic rings. The molecule has 0 unspecified atom stereocenters. The van der Waals surface area contributed by atoms with Crippen molar-refractivity contribution < 1.29 is 14.4 Å². The summed E-state index contributed by atoms with van der Waals surface area (Å²) < 4.78 is 1.07. The average molecular weight is 501 g/mol. The first-order valence-corrected chi connectivity index (χ1v) is 11.9. The highest BCUT2D eigenvalue weighted by molar-refractivity contribution is 7.22. The number of hydrogen-bond acceptors (Lipinski definition) is 6. The Bertz CT molecular complexity index is 1220. The molecule has 34 heavy (non-hydrogen) atoms. The predicted molar refractivity (Wildman–Crippen MR) is 139 cm³/mol. The second-order valence-electron chi connectivity index (χ2n) is 8.71. The molecule has 0 radical (unpaired) electrons. The number of carbonyl (C=O) groups is 3. The van der Waals surface area contributed by atoms with Crippen LogP contribution in [0, 0.1) is 13.8 Å². The van der Waals surface area contributed by atoms with Gasteiger partial charge in [0.25, 0.3) is 5.91 Å². The first kappa shape index (κ1) is 25.8. The van der Waals surface area contributed by atoms with Crippen molar-refractivity contribution in [2.24, 2.45) is 0 Å². The van der Waals surface area contributed by atoms with E-state index in [2.05, 4.69) is 17.9 Å². The van der Waals surface area contributed by atoms with E-state index < -0.39 is 0 Å². The summed E-state index contributed by atoms with van der Waals surface area (Å²) in [6, 6.07) is 10.9. The molecule has 0 bridgehead atoms. The largest absolute Gasteiger partial charge is 0.309 e. The lowest BCUT2D eigenvalue weighted by atomic mass is 10.1. The third-order valence-corrected chi connectivity index (χ3v) is 6.90. The van der Waals surface area contributed by atoms with Gasteiger partial charge in [0.2, 0.25) is 11.8 Å². The van der Waals surface area contributed by atoms with Crippen LogP contribution in [0.4, 0.5) is 10.8 Å². The molecule has 7 nitrogen and oxygen atoms in total. The van der Waals surface area contributed by atoms with E-state index in [4.69, 9.17) is 4.98 Å². The SMILES string of the molecule is Cc1cc(C)c2sc(N(CCCN(C)C)C(=O)c3cccc(N4C(=O)CCC4=O)c3)nc2c1.Cl. The molecule has 1 fully saturated rings. The summed E-state index contributed by atoms with van der Waals surface area (Å²) in [6.07, 6.45) is 1.20. The monoisotopic (exact) mass is 500 g/mol. The second kappa shape index (κ2) is 10.6. The van der Waals surface area contributed by atoms with Gasteiger partial charge in [-0.1, -0.05) is 23.5 Å². The molecule has 0 saturated carbocycles. The number of amides is 3. The number of hydrogen-bond donors (Lipinski definition) is 0. The van der Waals surface area contributed by atoms with Gasteiger partial charge in [0.1, 0.15) is 0 Å². The van der Waals surface area contributed by atoms with Crippen LogP contribution in [-0.2, 0) is 9.59 Å². The third kappa shape index (κ3) is 5.29. The van der Waals surface area contributed by atoms with Crippen molar-refractivity contribution >= 4 is 62.5 Å². The standard InChI is InChI=1S/C25H28N4O3S.ClH/c1-16-13-17(2)23-20(14-16)26-25(33-23)28(12-6-11-27(3)4)24(32)18-7-5-8-19(15-18)29-21(30)9-10-22(29)31;/h5,7-8,13-15H,6,9-12H2,1-4H3;1H. The number of thiazole rings is 1. The molecule has 4 rings (SSSR count). The van der Waals surface area contributed by atoms with Gasteiger partial charge in [-0.05, 0) is 76.3 Å². The minimum Gasteiger partial charge on any atom is -0.309 e. The maximum absolute atomic E-state index is 13.7. The fourth-order valence-electron chi connectivity index (χ4n) is 4.11. The van der Waals surface area contributed by atoms with Gasteiger partial charge in [0.15, 0.2) is 5.13 Å². The fourth-order valence-corrected chi connectivity index (χ4v) is 5.15. The number of aryl methyl sites for hydroxylation is 2. The van der Waals surface area contributed by atoms with Crippen LogP contribution in [0.3, 0.4) is 0 Å². The first-order chi connectivity index (χ1) is 15.7. The van der Waals surface area contributed by atoms with Crippen LogP contribution in [0.5, 0.6) is 0 Å². The Labute approximate surface area is 209 Å². The van der Waals surface area contributed by atoms with Crippen LogP contribution < -0.4 is 9.80 Å². The van der Waals surface area contributed by atoms with Gasteiger partial charge in [0.05, 0.1) is 15.9 Å². The zero-order valence-electron chi connectivity index (χ0n) is 19.8. The maximum atomic E-state index is 13.7. The number of rotatable bonds is 7. The molecular weight excluding hydrogens is 472 g/mol. The van der Waals surface area contributed by atoms with E-state index >= 15 is 0 Å². The summed E-state index contributed by atoms with van der Waals surface area (Å²) in [5.74, 6) is -0.656. The van der Waals surface area contributed by atoms with E-state index in [0.29, 0.717) is 22.9 Å². The lowest BCUT2D eigenvalue weighted by molar-refractivity contribution is -0.121. The van der Waals surface area contributed by atoms with Crippen molar-refractivity contribution in [3.05, 3.63) is 53.1 Å². The zero-order valence-corrected chi connectivity index (χ0v) is 21.5. The van der Waals surface area contributed by atoms with Gasteiger partial charge in [-0.15, -0.1) is 12.4 Å². The molecule has 3 amide bonds. The molecule has 1 saturated heterocycles. The molecule has 0 spiro atoms. The minimum atomic E-state index is -0.232. The highest BCUT2D eigenvalue weighted by atomic mass is 35.5. The number of benzene rings is 2. The molecule has 2 aromatic carbocycles. The van der Waals surface area contributed by atoms with Crippen molar-refractivity contribution in [3.63, 3.8) is 0 Å². The number of carbonyl (C=O) groups excluding carboxylic acids is 3. The lowest BCUT2D eigenvalue weighted by Crippen LogP contribution is -2.34. The highest BCUT2D eigenvalue weighted by Crippen LogP contribution is 2.33. The van der Waals surface area contributed by atoms with Crippen LogP contribution in [0.15, 0.2) is 36.4 Å². The molecule has 0 aliphatic carbocycles. The molecule has 0 N–H and O–H groups in total. The molecule has 1 aliphatic heterocycles. The van der Waals surface area contributed by atoms with E-state index in [1.165, 1.54) is 16.2 Å². The normalized spacial score (nSPS) is 13.6. The number of fused-ring (bicyclic) bond motifs is 1. The van der Waals surface area contributed by atoms with E-state index in [-0.39, 0.29) is 43.0 Å². The Balaban J connectivity index is 0.00000324. The molecule has 180 valence electrons. The van der Waals surface area contributed by atoms with Crippen LogP contribution in [0.1, 0.15) is 40.7 Å². The van der Waals surface area contributed by atoms with Gasteiger partial charge in [-0.3, -0.25) is 24.2 Å². The van der Waals surface area contributed by atoms with Crippen molar-refractivity contribution in [1.29, 1.82) is 0 Å². The lowest BCUT2D eigenvalue weighted by Gasteiger charge is -2.22. The summed E-state index contributed by atoms with van der Waals surface area (Å²) in [7, 11) is 4.01. The molecule has 9 heteroatoms. The van der Waals surface area contributed by atoms with Gasteiger partial charge in [-0.25, -0.2) is 4.98 Å². The van der Waals surface area contributed by atoms with Gasteiger partial charge in [-0.2, -0.15) is 0 Å². The third-order valence-electron chi connectivity index (χ3n) is 5.67. The average Bonchev–Trinajstić information content (AvgIpc) is 3.33. The van der Waals surface area contributed by atoms with Crippen molar-refractivity contribution in [2.45, 2.75) is 33.1 Å². The van der Waals surface area contributed by atoms with Gasteiger partial charge < -0.3 is 4.90 Å². The summed E-state index contributed by atoms with van der Waals surface area (Å²) in [6.45, 7) is 5.45. The minimum absolute atomic E-state index is 0. The van der Waals surface area contributed by atoms with Gasteiger partial charge in [0, 0.05) is 24.9 Å². The van der Waals surface area contributed by atoms with E-state index in [9.17, 15) is 14.4 Å². The smallest absolute Gasteiger partial charge is 0.260 e. The van der Waals surface area contributed by atoms with Crippen molar-refractivity contribution in [1.82, 2.24) is 9.88 Å². The Morgan fingerprint density at radius 2 is 1.76 bits per heavy atom. The Kier molecular flexibility index (Phi) is 8.07. The second-order valence-corrected chi connectivity index (χ2v) is 9.69. The Hall–Kier alpha value is -2.81. The topological polar surface area (TPSA) is 73.8 Å². The van der Waals surface area contributed by atoms with Crippen molar-refractivity contribution in [2.75, 3.05) is 37.0 Å². The Morgan fingerprint density at radius 3 is 2.44 bits per heavy atom. The highest BCUT2D eigenvalue weighted by Gasteiger charge is 2.31. The maximum Gasteiger partial charge on any atom is 0.260 e. The zero-order chi connectivity index (χ0) is 23.7. The molecular formula is C25H29ClN4O3S. The van der Waals surface area contributed by atoms with Crippen LogP contribution >= 0.6 is 23.7 Å². The van der Waals surface area contributed by atoms with E-state index in [1.807, 2.05) is 27.1 Å². The summed E-state index contributed by atoms with van der Waals surface area (Å²) in [4.78, 5) is 47.8. The van der Waals surface area contributed by atoms with Crippen LogP contribution in [0.2, 0.25) is 0 Å². The molecule has 2 heterocycles. The number of anilines is 2. The molecule has 3 aromatic rings. The van der Waals surface area contributed by atoms with Crippen LogP contribution in [-0.4, -0.2) is 54.8 Å². The summed E-state index contributed by atoms with van der Waals surface area (Å²) in [5, 5.41) is 0.654. The summed E-state index contributed by atoms with van der Waals surface area (Å²) >= 11 is 1.51.